The van der Waals surface area contributed by atoms with E-state index in [0.29, 0.717) is 0 Å². The average Bonchev–Trinajstić information content (AvgIpc) is 2.57. The van der Waals surface area contributed by atoms with Crippen molar-refractivity contribution < 1.29 is 52.1 Å². The standard InChI is InChI=1S/C4H3N2O2.C2H3O2.Y/c7-4(8)3-1-2-5-6-3;1-4-2-3;/h1H,(H,5,6)(H,7,8);1H3;/q2*-1;. The number of nitrogens with zero attached hydrogens (tertiary/aromatic N) is 1. The van der Waals surface area contributed by atoms with Gasteiger partial charge in [-0.05, 0) is 5.69 Å². The molecular formula is C6H6N2O4Y-2. The number of carboxylic acids is 1. The molecule has 0 aliphatic rings. The largest absolute Gasteiger partial charge is 0.655 e. The molecule has 0 saturated heterocycles. The maximum atomic E-state index is 9.97. The van der Waals surface area contributed by atoms with E-state index in [1.807, 2.05) is 0 Å². The Morgan fingerprint density at radius 1 is 1.85 bits per heavy atom. The van der Waals surface area contributed by atoms with Gasteiger partial charge in [0.2, 0.25) is 0 Å². The molecule has 0 saturated carbocycles. The number of carbonyl (C=O) groups is 1. The number of carbonyl (C=O) groups excluding carboxylic acids is 1. The number of rotatable bonds is 2. The summed E-state index contributed by atoms with van der Waals surface area (Å²) in [5, 5.41) is 13.7. The monoisotopic (exact) mass is 259 g/mol. The van der Waals surface area contributed by atoms with Crippen molar-refractivity contribution in [2.75, 3.05) is 7.11 Å². The molecule has 2 N–H and O–H groups in total. The maximum absolute atomic E-state index is 9.97. The van der Waals surface area contributed by atoms with E-state index in [-0.39, 0.29) is 38.4 Å². The summed E-state index contributed by atoms with van der Waals surface area (Å²) in [6.07, 6.45) is 2.32. The van der Waals surface area contributed by atoms with Crippen LogP contribution < -0.4 is 0 Å². The molecule has 7 heteroatoms. The molecule has 1 heterocycles. The molecule has 0 aromatic carbocycles. The van der Waals surface area contributed by atoms with E-state index in [1.165, 1.54) is 19.6 Å². The number of aromatic amines is 1. The number of H-pyrrole nitrogens is 1. The van der Waals surface area contributed by atoms with Crippen LogP contribution in [0, 0.1) is 6.20 Å². The van der Waals surface area contributed by atoms with Crippen LogP contribution in [0.25, 0.3) is 0 Å². The van der Waals surface area contributed by atoms with Crippen molar-refractivity contribution in [2.45, 2.75) is 0 Å². The first-order valence-corrected chi connectivity index (χ1v) is 2.77. The zero-order valence-electron chi connectivity index (χ0n) is 6.77. The Morgan fingerprint density at radius 3 is 2.54 bits per heavy atom. The van der Waals surface area contributed by atoms with E-state index in [1.54, 1.807) is 0 Å². The molecule has 0 aliphatic heterocycles. The summed E-state index contributed by atoms with van der Waals surface area (Å²) in [5.74, 6) is -1.02. The fraction of sp³-hybridized carbons (Fsp3) is 0.167. The summed E-state index contributed by atoms with van der Waals surface area (Å²) in [6, 6.07) is 1.27. The summed E-state index contributed by atoms with van der Waals surface area (Å²) >= 11 is 0. The minimum atomic E-state index is -1.02. The van der Waals surface area contributed by atoms with E-state index in [9.17, 15) is 4.79 Å². The Hall–Kier alpha value is -0.746. The molecule has 0 spiro atoms. The number of ether oxygens (including phenoxy) is 1. The molecule has 0 amide bonds. The Balaban J connectivity index is 0. The molecule has 0 atom stereocenters. The Bertz CT molecular complexity index is 237. The van der Waals surface area contributed by atoms with Crippen LogP contribution in [-0.4, -0.2) is 34.9 Å². The number of hydrogen-bond donors (Lipinski definition) is 2. The van der Waals surface area contributed by atoms with Gasteiger partial charge in [0.1, 0.15) is 0 Å². The Labute approximate surface area is 99.5 Å². The number of hydrogen-bond acceptors (Lipinski definition) is 4. The minimum absolute atomic E-state index is 0. The second kappa shape index (κ2) is 9.34. The molecule has 13 heavy (non-hydrogen) atoms. The predicted octanol–water partition coefficient (Wildman–Crippen LogP) is -0.394. The molecule has 1 aromatic rings. The van der Waals surface area contributed by atoms with Crippen LogP contribution in [0.4, 0.5) is 0 Å². The third kappa shape index (κ3) is 7.61. The van der Waals surface area contributed by atoms with E-state index in [2.05, 4.69) is 21.1 Å². The topological polar surface area (TPSA) is 92.3 Å². The van der Waals surface area contributed by atoms with Gasteiger partial charge in [0.15, 0.2) is 0 Å². The van der Waals surface area contributed by atoms with Crippen LogP contribution in [0.5, 0.6) is 0 Å². The molecule has 1 radical (unpaired) electrons. The van der Waals surface area contributed by atoms with Crippen LogP contribution in [0.1, 0.15) is 10.5 Å². The van der Waals surface area contributed by atoms with Gasteiger partial charge >= 0.3 is 0 Å². The normalized spacial score (nSPS) is 7.15. The van der Waals surface area contributed by atoms with Crippen molar-refractivity contribution >= 4 is 12.4 Å². The SMILES string of the molecule is CO[C-]=O.O=C(O)c1c[c-]n[nH]1.[Y]. The van der Waals surface area contributed by atoms with Crippen molar-refractivity contribution in [3.8, 4) is 0 Å². The van der Waals surface area contributed by atoms with E-state index < -0.39 is 5.97 Å². The van der Waals surface area contributed by atoms with Gasteiger partial charge in [-0.2, -0.15) is 6.07 Å². The molecule has 6 nitrogen and oxygen atoms in total. The molecule has 0 aliphatic carbocycles. The van der Waals surface area contributed by atoms with Crippen LogP contribution in [0.15, 0.2) is 6.07 Å². The first-order chi connectivity index (χ1) is 5.72. The Kier molecular flexibility index (Phi) is 10.6. The zero-order valence-corrected chi connectivity index (χ0v) is 9.61. The average molecular weight is 259 g/mol. The molecule has 0 unspecified atom stereocenters. The van der Waals surface area contributed by atoms with Gasteiger partial charge in [-0.25, -0.2) is 0 Å². The van der Waals surface area contributed by atoms with E-state index >= 15 is 0 Å². The smallest absolute Gasteiger partial charge is 0.269 e. The quantitative estimate of drug-likeness (QED) is 0.705. The minimum Gasteiger partial charge on any atom is -0.655 e. The van der Waals surface area contributed by atoms with Gasteiger partial charge in [0, 0.05) is 39.8 Å². The summed E-state index contributed by atoms with van der Waals surface area (Å²) in [6.45, 7) is 1.18. The summed E-state index contributed by atoms with van der Waals surface area (Å²) < 4.78 is 3.74. The summed E-state index contributed by atoms with van der Waals surface area (Å²) in [4.78, 5) is 18.8. The number of carboxylic acid groups (broad SMARTS) is 1. The van der Waals surface area contributed by atoms with Crippen LogP contribution in [0.2, 0.25) is 0 Å². The maximum Gasteiger partial charge on any atom is 0.269 e. The summed E-state index contributed by atoms with van der Waals surface area (Å²) in [7, 11) is 1.26. The van der Waals surface area contributed by atoms with Crippen LogP contribution in [0.3, 0.4) is 0 Å². The second-order valence-electron chi connectivity index (χ2n) is 1.50. The van der Waals surface area contributed by atoms with Crippen molar-refractivity contribution in [3.05, 3.63) is 18.0 Å². The van der Waals surface area contributed by atoms with Crippen molar-refractivity contribution in [1.82, 2.24) is 10.2 Å². The molecule has 69 valence electrons. The number of nitrogens with one attached hydrogen (secondary N) is 1. The molecule has 0 fully saturated rings. The van der Waals surface area contributed by atoms with Gasteiger partial charge in [0.25, 0.3) is 5.97 Å². The van der Waals surface area contributed by atoms with Gasteiger partial charge in [-0.15, -0.1) is 6.20 Å². The van der Waals surface area contributed by atoms with E-state index in [4.69, 9.17) is 9.90 Å². The zero-order chi connectivity index (χ0) is 9.40. The molecule has 0 bridgehead atoms. The predicted molar refractivity (Wildman–Crippen MR) is 37.1 cm³/mol. The van der Waals surface area contributed by atoms with Crippen molar-refractivity contribution in [3.63, 3.8) is 0 Å². The van der Waals surface area contributed by atoms with Gasteiger partial charge in [0.05, 0.1) is 0 Å². The molecular weight excluding hydrogens is 253 g/mol. The number of aromatic nitrogens is 2. The van der Waals surface area contributed by atoms with Gasteiger partial charge in [-0.1, -0.05) is 6.47 Å². The summed E-state index contributed by atoms with van der Waals surface area (Å²) in [5.41, 5.74) is 0.0602. The first kappa shape index (κ1) is 14.8. The third-order valence-corrected chi connectivity index (χ3v) is 0.764. The first-order valence-electron chi connectivity index (χ1n) is 2.77. The van der Waals surface area contributed by atoms with Crippen LogP contribution in [-0.2, 0) is 42.2 Å². The number of methoxy groups -OCH3 is 1. The molecule has 1 aromatic heterocycles. The fourth-order valence-electron chi connectivity index (χ4n) is 0.331. The van der Waals surface area contributed by atoms with E-state index in [0.717, 1.165) is 0 Å². The van der Waals surface area contributed by atoms with Gasteiger partial charge in [-0.3, -0.25) is 4.79 Å². The van der Waals surface area contributed by atoms with Crippen LogP contribution >= 0.6 is 0 Å². The van der Waals surface area contributed by atoms with Gasteiger partial charge < -0.3 is 24.8 Å². The van der Waals surface area contributed by atoms with Crippen molar-refractivity contribution in [2.24, 2.45) is 0 Å². The fourth-order valence-corrected chi connectivity index (χ4v) is 0.331. The van der Waals surface area contributed by atoms with Crippen molar-refractivity contribution in [1.29, 1.82) is 0 Å². The Morgan fingerprint density at radius 2 is 2.38 bits per heavy atom. The molecule has 1 rings (SSSR count). The second-order valence-corrected chi connectivity index (χ2v) is 1.50. The number of aromatic carboxylic acids is 1. The third-order valence-electron chi connectivity index (χ3n) is 0.764.